The van der Waals surface area contributed by atoms with Crippen LogP contribution < -0.4 is 16.0 Å². The van der Waals surface area contributed by atoms with Crippen LogP contribution in [0.5, 0.6) is 0 Å². The zero-order valence-corrected chi connectivity index (χ0v) is 14.0. The number of hydrogen-bond donors (Lipinski definition) is 2. The van der Waals surface area contributed by atoms with Gasteiger partial charge in [0.15, 0.2) is 0 Å². The Balaban J connectivity index is 1.72. The van der Waals surface area contributed by atoms with Crippen LogP contribution in [0.3, 0.4) is 0 Å². The molecule has 0 aromatic carbocycles. The third-order valence-electron chi connectivity index (χ3n) is 4.44. The summed E-state index contributed by atoms with van der Waals surface area (Å²) in [6.45, 7) is 11.9. The largest absolute Gasteiger partial charge is 0.369 e. The van der Waals surface area contributed by atoms with Crippen molar-refractivity contribution in [2.45, 2.75) is 39.7 Å². The summed E-state index contributed by atoms with van der Waals surface area (Å²) in [4.78, 5) is 13.7. The van der Waals surface area contributed by atoms with Gasteiger partial charge in [-0.05, 0) is 24.8 Å². The number of nitrogens with zero attached hydrogens (tertiary/aromatic N) is 4. The van der Waals surface area contributed by atoms with Crippen molar-refractivity contribution in [2.75, 3.05) is 48.7 Å². The average molecular weight is 304 g/mol. The first kappa shape index (κ1) is 15.3. The number of nitrogens with one attached hydrogen (secondary N) is 1. The van der Waals surface area contributed by atoms with Gasteiger partial charge in [0.25, 0.3) is 0 Å². The minimum atomic E-state index is 0.204. The van der Waals surface area contributed by atoms with Gasteiger partial charge in [-0.1, -0.05) is 20.8 Å². The predicted molar refractivity (Wildman–Crippen MR) is 91.2 cm³/mol. The van der Waals surface area contributed by atoms with E-state index < -0.39 is 0 Å². The van der Waals surface area contributed by atoms with E-state index in [0.29, 0.717) is 12.0 Å². The second-order valence-corrected chi connectivity index (χ2v) is 7.66. The van der Waals surface area contributed by atoms with Crippen LogP contribution in [0.25, 0.3) is 0 Å². The van der Waals surface area contributed by atoms with Gasteiger partial charge in [-0.25, -0.2) is 0 Å². The first-order chi connectivity index (χ1) is 10.4. The van der Waals surface area contributed by atoms with E-state index in [9.17, 15) is 0 Å². The van der Waals surface area contributed by atoms with Crippen LogP contribution in [0, 0.1) is 5.41 Å². The highest BCUT2D eigenvalue weighted by molar-refractivity contribution is 5.53. The van der Waals surface area contributed by atoms with Crippen molar-refractivity contribution in [3.63, 3.8) is 0 Å². The standard InChI is InChI=1S/C16H28N6/c1-16(2,3)11-18-13-9-14(20-15(17)19-13)22-8-7-21-6-4-5-12(21)10-22/h9,12H,4-8,10-11H2,1-3H3,(H3,17,18,19,20). The van der Waals surface area contributed by atoms with E-state index in [1.54, 1.807) is 0 Å². The summed E-state index contributed by atoms with van der Waals surface area (Å²) in [5, 5.41) is 3.38. The molecule has 0 spiro atoms. The van der Waals surface area contributed by atoms with Crippen molar-refractivity contribution < 1.29 is 0 Å². The molecule has 0 aliphatic carbocycles. The van der Waals surface area contributed by atoms with E-state index in [1.807, 2.05) is 6.07 Å². The molecule has 3 rings (SSSR count). The first-order valence-electron chi connectivity index (χ1n) is 8.28. The van der Waals surface area contributed by atoms with Gasteiger partial charge >= 0.3 is 0 Å². The molecule has 0 bridgehead atoms. The zero-order chi connectivity index (χ0) is 15.7. The summed E-state index contributed by atoms with van der Waals surface area (Å²) in [5.74, 6) is 2.13. The van der Waals surface area contributed by atoms with Crippen molar-refractivity contribution in [1.82, 2.24) is 14.9 Å². The Bertz CT molecular complexity index is 524. The number of nitrogen functional groups attached to an aromatic ring is 1. The Morgan fingerprint density at radius 1 is 1.27 bits per heavy atom. The molecular formula is C16H28N6. The zero-order valence-electron chi connectivity index (χ0n) is 14.0. The lowest BCUT2D eigenvalue weighted by molar-refractivity contribution is 0.230. The molecule has 1 aromatic heterocycles. The summed E-state index contributed by atoms with van der Waals surface area (Å²) in [5.41, 5.74) is 6.12. The van der Waals surface area contributed by atoms with E-state index >= 15 is 0 Å². The molecule has 6 nitrogen and oxygen atoms in total. The van der Waals surface area contributed by atoms with Crippen molar-refractivity contribution >= 4 is 17.6 Å². The summed E-state index contributed by atoms with van der Waals surface area (Å²) in [6, 6.07) is 2.71. The van der Waals surface area contributed by atoms with Crippen LogP contribution in [0.4, 0.5) is 17.6 Å². The van der Waals surface area contributed by atoms with E-state index in [1.165, 1.54) is 19.4 Å². The van der Waals surface area contributed by atoms with Gasteiger partial charge in [-0.2, -0.15) is 9.97 Å². The number of piperazine rings is 1. The smallest absolute Gasteiger partial charge is 0.223 e. The van der Waals surface area contributed by atoms with Crippen LogP contribution in [0.2, 0.25) is 0 Å². The van der Waals surface area contributed by atoms with Crippen molar-refractivity contribution in [1.29, 1.82) is 0 Å². The number of anilines is 3. The molecule has 0 amide bonds. The molecule has 0 radical (unpaired) electrons. The lowest BCUT2D eigenvalue weighted by atomic mass is 9.97. The van der Waals surface area contributed by atoms with Gasteiger partial charge in [0.1, 0.15) is 11.6 Å². The van der Waals surface area contributed by atoms with E-state index in [0.717, 1.165) is 37.8 Å². The molecule has 2 aliphatic heterocycles. The molecule has 1 unspecified atom stereocenters. The molecule has 0 saturated carbocycles. The highest BCUT2D eigenvalue weighted by Crippen LogP contribution is 2.26. The molecule has 2 fully saturated rings. The number of nitrogens with two attached hydrogens (primary N) is 1. The van der Waals surface area contributed by atoms with E-state index in [2.05, 4.69) is 45.9 Å². The number of rotatable bonds is 3. The fraction of sp³-hybridized carbons (Fsp3) is 0.750. The van der Waals surface area contributed by atoms with Crippen LogP contribution in [0.15, 0.2) is 6.07 Å². The van der Waals surface area contributed by atoms with Crippen LogP contribution in [-0.4, -0.2) is 53.6 Å². The van der Waals surface area contributed by atoms with Gasteiger partial charge in [0.05, 0.1) is 0 Å². The Hall–Kier alpha value is -1.56. The maximum Gasteiger partial charge on any atom is 0.223 e. The summed E-state index contributed by atoms with van der Waals surface area (Å²) in [7, 11) is 0. The molecule has 22 heavy (non-hydrogen) atoms. The number of hydrogen-bond acceptors (Lipinski definition) is 6. The highest BCUT2D eigenvalue weighted by atomic mass is 15.3. The lowest BCUT2D eigenvalue weighted by Crippen LogP contribution is -2.50. The SMILES string of the molecule is CC(C)(C)CNc1cc(N2CCN3CCCC3C2)nc(N)n1. The Morgan fingerprint density at radius 3 is 2.86 bits per heavy atom. The summed E-state index contributed by atoms with van der Waals surface area (Å²) < 4.78 is 0. The molecule has 6 heteroatoms. The third-order valence-corrected chi connectivity index (χ3v) is 4.44. The Kier molecular flexibility index (Phi) is 4.12. The third kappa shape index (κ3) is 3.61. The molecule has 1 atom stereocenters. The van der Waals surface area contributed by atoms with Gasteiger partial charge in [0.2, 0.25) is 5.95 Å². The maximum absolute atomic E-state index is 5.91. The normalized spacial score (nSPS) is 22.7. The highest BCUT2D eigenvalue weighted by Gasteiger charge is 2.31. The first-order valence-corrected chi connectivity index (χ1v) is 8.28. The minimum Gasteiger partial charge on any atom is -0.369 e. The summed E-state index contributed by atoms with van der Waals surface area (Å²) >= 11 is 0. The van der Waals surface area contributed by atoms with Crippen molar-refractivity contribution in [3.05, 3.63) is 6.07 Å². The molecular weight excluding hydrogens is 276 g/mol. The van der Waals surface area contributed by atoms with Gasteiger partial charge in [0, 0.05) is 38.3 Å². The second kappa shape index (κ2) is 5.91. The molecule has 122 valence electrons. The fourth-order valence-electron chi connectivity index (χ4n) is 3.26. The van der Waals surface area contributed by atoms with Crippen LogP contribution in [-0.2, 0) is 0 Å². The van der Waals surface area contributed by atoms with Gasteiger partial charge in [-0.3, -0.25) is 4.90 Å². The minimum absolute atomic E-state index is 0.204. The molecule has 2 saturated heterocycles. The van der Waals surface area contributed by atoms with E-state index in [-0.39, 0.29) is 5.41 Å². The lowest BCUT2D eigenvalue weighted by Gasteiger charge is -2.38. The topological polar surface area (TPSA) is 70.3 Å². The van der Waals surface area contributed by atoms with Crippen LogP contribution in [0.1, 0.15) is 33.6 Å². The molecule has 3 N–H and O–H groups in total. The number of fused-ring (bicyclic) bond motifs is 1. The average Bonchev–Trinajstić information content (AvgIpc) is 2.91. The Labute approximate surface area is 133 Å². The predicted octanol–water partition coefficient (Wildman–Crippen LogP) is 1.80. The fourth-order valence-corrected chi connectivity index (χ4v) is 3.26. The number of aromatic nitrogens is 2. The molecule has 1 aromatic rings. The summed E-state index contributed by atoms with van der Waals surface area (Å²) in [6.07, 6.45) is 2.62. The second-order valence-electron chi connectivity index (χ2n) is 7.66. The molecule has 3 heterocycles. The molecule has 2 aliphatic rings. The van der Waals surface area contributed by atoms with Crippen molar-refractivity contribution in [3.8, 4) is 0 Å². The van der Waals surface area contributed by atoms with E-state index in [4.69, 9.17) is 5.73 Å². The van der Waals surface area contributed by atoms with Gasteiger partial charge < -0.3 is 16.0 Å². The van der Waals surface area contributed by atoms with Crippen molar-refractivity contribution in [2.24, 2.45) is 5.41 Å². The van der Waals surface area contributed by atoms with Gasteiger partial charge in [-0.15, -0.1) is 0 Å². The van der Waals surface area contributed by atoms with Crippen LogP contribution >= 0.6 is 0 Å². The monoisotopic (exact) mass is 304 g/mol. The Morgan fingerprint density at radius 2 is 2.09 bits per heavy atom. The quantitative estimate of drug-likeness (QED) is 0.887. The maximum atomic E-state index is 5.91.